The van der Waals surface area contributed by atoms with Crippen LogP contribution in [-0.2, 0) is 4.79 Å². The molecular weight excluding hydrogens is 266 g/mol. The lowest BCUT2D eigenvalue weighted by Gasteiger charge is -2.09. The van der Waals surface area contributed by atoms with E-state index in [1.54, 1.807) is 37.5 Å². The summed E-state index contributed by atoms with van der Waals surface area (Å²) in [6.07, 6.45) is 3.12. The lowest BCUT2D eigenvalue weighted by atomic mass is 10.2. The van der Waals surface area contributed by atoms with Gasteiger partial charge >= 0.3 is 0 Å². The van der Waals surface area contributed by atoms with E-state index in [1.165, 1.54) is 6.08 Å². The number of carbonyl (C=O) groups is 1. The lowest BCUT2D eigenvalue weighted by molar-refractivity contribution is -0.111. The number of phenols is 1. The van der Waals surface area contributed by atoms with Gasteiger partial charge in [-0.15, -0.1) is 0 Å². The Hall–Kier alpha value is -2.75. The van der Waals surface area contributed by atoms with Gasteiger partial charge in [-0.05, 0) is 48.4 Å². The average Bonchev–Trinajstić information content (AvgIpc) is 2.47. The molecule has 4 nitrogen and oxygen atoms in total. The summed E-state index contributed by atoms with van der Waals surface area (Å²) < 4.78 is 5.21. The number of hydrogen-bond acceptors (Lipinski definition) is 3. The first-order valence-corrected chi connectivity index (χ1v) is 6.51. The molecule has 0 radical (unpaired) electrons. The highest BCUT2D eigenvalue weighted by Crippen LogP contribution is 2.25. The van der Waals surface area contributed by atoms with Crippen molar-refractivity contribution in [3.63, 3.8) is 0 Å². The number of anilines is 1. The van der Waals surface area contributed by atoms with Crippen molar-refractivity contribution < 1.29 is 14.6 Å². The summed E-state index contributed by atoms with van der Waals surface area (Å²) in [7, 11) is 1.56. The molecule has 108 valence electrons. The van der Waals surface area contributed by atoms with Crippen molar-refractivity contribution in [1.82, 2.24) is 0 Å². The summed E-state index contributed by atoms with van der Waals surface area (Å²) in [5, 5.41) is 12.0. The van der Waals surface area contributed by atoms with Gasteiger partial charge in [0.05, 0.1) is 12.8 Å². The average molecular weight is 283 g/mol. The summed E-state index contributed by atoms with van der Waals surface area (Å²) >= 11 is 0. The fourth-order valence-electron chi connectivity index (χ4n) is 1.85. The van der Waals surface area contributed by atoms with Crippen molar-refractivity contribution in [3.8, 4) is 11.5 Å². The molecule has 0 aliphatic carbocycles. The molecule has 0 aromatic heterocycles. The van der Waals surface area contributed by atoms with Crippen LogP contribution < -0.4 is 10.1 Å². The molecule has 0 aliphatic rings. The van der Waals surface area contributed by atoms with Gasteiger partial charge < -0.3 is 15.2 Å². The van der Waals surface area contributed by atoms with E-state index in [4.69, 9.17) is 4.74 Å². The van der Waals surface area contributed by atoms with Crippen LogP contribution in [0.5, 0.6) is 11.5 Å². The zero-order valence-electron chi connectivity index (χ0n) is 12.0. The zero-order valence-corrected chi connectivity index (χ0v) is 12.0. The maximum atomic E-state index is 11.9. The molecule has 0 saturated heterocycles. The summed E-state index contributed by atoms with van der Waals surface area (Å²) in [6, 6.07) is 12.2. The fraction of sp³-hybridized carbons (Fsp3) is 0.118. The standard InChI is InChI=1S/C17H17NO3/c1-12-3-9-16(21-2)15(11-12)18-17(20)10-6-13-4-7-14(19)8-5-13/h3-11,19H,1-2H3,(H,18,20)/b10-6+. The molecule has 0 fully saturated rings. The van der Waals surface area contributed by atoms with Crippen LogP contribution in [0.2, 0.25) is 0 Å². The van der Waals surface area contributed by atoms with Crippen molar-refractivity contribution in [2.24, 2.45) is 0 Å². The first-order chi connectivity index (χ1) is 10.1. The van der Waals surface area contributed by atoms with Crippen molar-refractivity contribution in [2.75, 3.05) is 12.4 Å². The molecular formula is C17H17NO3. The third kappa shape index (κ3) is 4.11. The number of benzene rings is 2. The van der Waals surface area contributed by atoms with E-state index in [1.807, 2.05) is 25.1 Å². The molecule has 0 unspecified atom stereocenters. The van der Waals surface area contributed by atoms with Crippen LogP contribution in [0.4, 0.5) is 5.69 Å². The third-order valence-electron chi connectivity index (χ3n) is 2.93. The number of phenolic OH excluding ortho intramolecular Hbond substituents is 1. The Morgan fingerprint density at radius 2 is 1.90 bits per heavy atom. The Bertz CT molecular complexity index is 660. The second-order valence-corrected chi connectivity index (χ2v) is 4.62. The molecule has 0 heterocycles. The minimum Gasteiger partial charge on any atom is -0.508 e. The first kappa shape index (κ1) is 14.7. The molecule has 2 rings (SSSR count). The number of carbonyl (C=O) groups excluding carboxylic acids is 1. The summed E-state index contributed by atoms with van der Waals surface area (Å²) in [6.45, 7) is 1.95. The van der Waals surface area contributed by atoms with E-state index in [0.717, 1.165) is 11.1 Å². The highest BCUT2D eigenvalue weighted by Gasteiger charge is 2.05. The Labute approximate surface area is 123 Å². The number of nitrogens with one attached hydrogen (secondary N) is 1. The van der Waals surface area contributed by atoms with E-state index < -0.39 is 0 Å². The summed E-state index contributed by atoms with van der Waals surface area (Å²) in [5.41, 5.74) is 2.51. The van der Waals surface area contributed by atoms with E-state index in [9.17, 15) is 9.90 Å². The number of methoxy groups -OCH3 is 1. The molecule has 1 amide bonds. The summed E-state index contributed by atoms with van der Waals surface area (Å²) in [4.78, 5) is 11.9. The van der Waals surface area contributed by atoms with Gasteiger partial charge in [0.1, 0.15) is 11.5 Å². The van der Waals surface area contributed by atoms with Crippen LogP contribution in [0.25, 0.3) is 6.08 Å². The highest BCUT2D eigenvalue weighted by molar-refractivity contribution is 6.02. The van der Waals surface area contributed by atoms with Gasteiger partial charge in [-0.25, -0.2) is 0 Å². The largest absolute Gasteiger partial charge is 0.508 e. The Balaban J connectivity index is 2.08. The Morgan fingerprint density at radius 1 is 1.19 bits per heavy atom. The second-order valence-electron chi connectivity index (χ2n) is 4.62. The predicted molar refractivity (Wildman–Crippen MR) is 83.5 cm³/mol. The topological polar surface area (TPSA) is 58.6 Å². The fourth-order valence-corrected chi connectivity index (χ4v) is 1.85. The first-order valence-electron chi connectivity index (χ1n) is 6.51. The number of amides is 1. The lowest BCUT2D eigenvalue weighted by Crippen LogP contribution is -2.09. The van der Waals surface area contributed by atoms with Gasteiger partial charge in [0.25, 0.3) is 0 Å². The zero-order chi connectivity index (χ0) is 15.2. The molecule has 0 atom stereocenters. The van der Waals surface area contributed by atoms with Crippen LogP contribution >= 0.6 is 0 Å². The Kier molecular flexibility index (Phi) is 4.61. The molecule has 2 aromatic rings. The van der Waals surface area contributed by atoms with E-state index in [-0.39, 0.29) is 11.7 Å². The van der Waals surface area contributed by atoms with Crippen molar-refractivity contribution in [3.05, 3.63) is 59.7 Å². The van der Waals surface area contributed by atoms with Gasteiger partial charge in [-0.1, -0.05) is 18.2 Å². The monoisotopic (exact) mass is 283 g/mol. The van der Waals surface area contributed by atoms with E-state index in [0.29, 0.717) is 11.4 Å². The molecule has 2 N–H and O–H groups in total. The molecule has 21 heavy (non-hydrogen) atoms. The molecule has 0 saturated carbocycles. The number of rotatable bonds is 4. The third-order valence-corrected chi connectivity index (χ3v) is 2.93. The molecule has 0 bridgehead atoms. The van der Waals surface area contributed by atoms with Crippen LogP contribution in [0.15, 0.2) is 48.5 Å². The molecule has 0 aliphatic heterocycles. The van der Waals surface area contributed by atoms with Crippen molar-refractivity contribution in [2.45, 2.75) is 6.92 Å². The SMILES string of the molecule is COc1ccc(C)cc1NC(=O)/C=C/c1ccc(O)cc1. The second kappa shape index (κ2) is 6.61. The Morgan fingerprint density at radius 3 is 2.57 bits per heavy atom. The smallest absolute Gasteiger partial charge is 0.248 e. The van der Waals surface area contributed by atoms with Crippen LogP contribution in [0, 0.1) is 6.92 Å². The minimum absolute atomic E-state index is 0.195. The van der Waals surface area contributed by atoms with E-state index in [2.05, 4.69) is 5.32 Å². The predicted octanol–water partition coefficient (Wildman–Crippen LogP) is 3.36. The number of ether oxygens (including phenoxy) is 1. The number of aromatic hydroxyl groups is 1. The normalized spacial score (nSPS) is 10.6. The maximum Gasteiger partial charge on any atom is 0.248 e. The van der Waals surface area contributed by atoms with Gasteiger partial charge in [0, 0.05) is 6.08 Å². The molecule has 2 aromatic carbocycles. The van der Waals surface area contributed by atoms with E-state index >= 15 is 0 Å². The quantitative estimate of drug-likeness (QED) is 0.846. The van der Waals surface area contributed by atoms with Gasteiger partial charge in [0.2, 0.25) is 5.91 Å². The van der Waals surface area contributed by atoms with Crippen LogP contribution in [0.1, 0.15) is 11.1 Å². The van der Waals surface area contributed by atoms with Crippen LogP contribution in [0.3, 0.4) is 0 Å². The number of hydrogen-bond donors (Lipinski definition) is 2. The van der Waals surface area contributed by atoms with Crippen molar-refractivity contribution >= 4 is 17.7 Å². The van der Waals surface area contributed by atoms with Gasteiger partial charge in [0.15, 0.2) is 0 Å². The summed E-state index contributed by atoms with van der Waals surface area (Å²) in [5.74, 6) is 0.569. The number of aryl methyl sites for hydroxylation is 1. The van der Waals surface area contributed by atoms with Gasteiger partial charge in [-0.2, -0.15) is 0 Å². The van der Waals surface area contributed by atoms with Crippen molar-refractivity contribution in [1.29, 1.82) is 0 Å². The maximum absolute atomic E-state index is 11.9. The van der Waals surface area contributed by atoms with Crippen LogP contribution in [-0.4, -0.2) is 18.1 Å². The van der Waals surface area contributed by atoms with Gasteiger partial charge in [-0.3, -0.25) is 4.79 Å². The molecule has 4 heteroatoms. The minimum atomic E-state index is -0.244. The highest BCUT2D eigenvalue weighted by atomic mass is 16.5. The molecule has 0 spiro atoms.